The van der Waals surface area contributed by atoms with E-state index in [9.17, 15) is 14.4 Å². The summed E-state index contributed by atoms with van der Waals surface area (Å²) in [5.41, 5.74) is 2.69. The molecule has 1 aromatic heterocycles. The summed E-state index contributed by atoms with van der Waals surface area (Å²) in [6.45, 7) is 4.97. The number of imide groups is 1. The quantitative estimate of drug-likeness (QED) is 0.472. The minimum atomic E-state index is -0.929. The third-order valence-corrected chi connectivity index (χ3v) is 3.39. The predicted octanol–water partition coefficient (Wildman–Crippen LogP) is 0.642. The third-order valence-electron chi connectivity index (χ3n) is 3.39. The van der Waals surface area contributed by atoms with E-state index >= 15 is 0 Å². The Bertz CT molecular complexity index is 654. The van der Waals surface area contributed by atoms with E-state index in [0.717, 1.165) is 4.90 Å². The number of amides is 4. The van der Waals surface area contributed by atoms with Crippen LogP contribution in [0.2, 0.25) is 0 Å². The van der Waals surface area contributed by atoms with E-state index in [2.05, 4.69) is 20.8 Å². The van der Waals surface area contributed by atoms with Crippen LogP contribution in [-0.4, -0.2) is 45.5 Å². The Balaban J connectivity index is 1.87. The van der Waals surface area contributed by atoms with Crippen LogP contribution in [0.4, 0.5) is 4.79 Å². The van der Waals surface area contributed by atoms with Gasteiger partial charge in [0.1, 0.15) is 5.54 Å². The summed E-state index contributed by atoms with van der Waals surface area (Å²) in [7, 11) is 0. The fraction of sp³-hybridized carbons (Fsp3) is 0.400. The molecule has 2 heterocycles. The van der Waals surface area contributed by atoms with Crippen molar-refractivity contribution < 1.29 is 14.4 Å². The van der Waals surface area contributed by atoms with E-state index in [-0.39, 0.29) is 24.8 Å². The second kappa shape index (κ2) is 6.55. The van der Waals surface area contributed by atoms with Gasteiger partial charge in [-0.2, -0.15) is 5.10 Å². The Morgan fingerprint density at radius 2 is 2.13 bits per heavy atom. The number of hydrogen-bond acceptors (Lipinski definition) is 5. The van der Waals surface area contributed by atoms with Crippen molar-refractivity contribution in [3.63, 3.8) is 0 Å². The topological polar surface area (TPSA) is 104 Å². The molecule has 0 bridgehead atoms. The molecular weight excluding hydrogens is 298 g/mol. The first-order chi connectivity index (χ1) is 10.8. The van der Waals surface area contributed by atoms with Crippen molar-refractivity contribution in [1.82, 2.24) is 20.6 Å². The van der Waals surface area contributed by atoms with Crippen LogP contribution >= 0.6 is 0 Å². The first-order valence-electron chi connectivity index (χ1n) is 7.20. The normalized spacial score (nSPS) is 17.2. The molecule has 0 atom stereocenters. The van der Waals surface area contributed by atoms with E-state index in [1.165, 1.54) is 0 Å². The third kappa shape index (κ3) is 3.91. The van der Waals surface area contributed by atoms with E-state index < -0.39 is 11.6 Å². The molecular formula is C15H19N5O3. The van der Waals surface area contributed by atoms with Gasteiger partial charge in [0.2, 0.25) is 5.91 Å². The molecule has 1 fully saturated rings. The van der Waals surface area contributed by atoms with Gasteiger partial charge in [0.15, 0.2) is 0 Å². The highest BCUT2D eigenvalue weighted by Gasteiger charge is 2.43. The summed E-state index contributed by atoms with van der Waals surface area (Å²) >= 11 is 0. The maximum atomic E-state index is 12.0. The van der Waals surface area contributed by atoms with E-state index in [1.807, 2.05) is 6.07 Å². The number of nitrogens with zero attached hydrogens (tertiary/aromatic N) is 3. The number of carbonyl (C=O) groups excluding carboxylic acids is 3. The second-order valence-electron chi connectivity index (χ2n) is 5.71. The zero-order valence-corrected chi connectivity index (χ0v) is 13.3. The van der Waals surface area contributed by atoms with Crippen molar-refractivity contribution in [2.75, 3.05) is 6.54 Å². The second-order valence-corrected chi connectivity index (χ2v) is 5.71. The molecule has 23 heavy (non-hydrogen) atoms. The lowest BCUT2D eigenvalue weighted by Gasteiger charge is -2.15. The molecule has 1 saturated heterocycles. The van der Waals surface area contributed by atoms with Crippen molar-refractivity contribution in [1.29, 1.82) is 0 Å². The van der Waals surface area contributed by atoms with Crippen LogP contribution in [0.1, 0.15) is 32.9 Å². The summed E-state index contributed by atoms with van der Waals surface area (Å²) in [5.74, 6) is -0.728. The molecule has 4 amide bonds. The van der Waals surface area contributed by atoms with Gasteiger partial charge in [-0.15, -0.1) is 0 Å². The molecule has 1 aliphatic heterocycles. The van der Waals surface area contributed by atoms with Gasteiger partial charge in [0.05, 0.1) is 11.4 Å². The van der Waals surface area contributed by atoms with Crippen molar-refractivity contribution in [3.8, 4) is 0 Å². The van der Waals surface area contributed by atoms with Gasteiger partial charge in [-0.3, -0.25) is 19.5 Å². The fourth-order valence-corrected chi connectivity index (χ4v) is 2.07. The van der Waals surface area contributed by atoms with Crippen LogP contribution in [0.25, 0.3) is 0 Å². The monoisotopic (exact) mass is 317 g/mol. The van der Waals surface area contributed by atoms with Gasteiger partial charge < -0.3 is 5.32 Å². The Hall–Kier alpha value is -2.77. The van der Waals surface area contributed by atoms with Gasteiger partial charge in [-0.1, -0.05) is 6.07 Å². The number of urea groups is 1. The number of aromatic nitrogens is 1. The van der Waals surface area contributed by atoms with Gasteiger partial charge >= 0.3 is 6.03 Å². The fourth-order valence-electron chi connectivity index (χ4n) is 2.07. The first kappa shape index (κ1) is 16.6. The molecule has 2 rings (SSSR count). The molecule has 122 valence electrons. The van der Waals surface area contributed by atoms with Crippen LogP contribution in [0.5, 0.6) is 0 Å². The largest absolute Gasteiger partial charge is 0.325 e. The lowest BCUT2D eigenvalue weighted by atomic mass is 10.1. The number of hydrogen-bond donors (Lipinski definition) is 2. The standard InChI is InChI=1S/C15H19N5O3/c1-10(11-6-4-5-8-16-11)18-19-12(21)7-9-20-13(22)15(2,3)17-14(20)23/h4-6,8H,7,9H2,1-3H3,(H,17,23)(H,19,21)/b18-10-. The van der Waals surface area contributed by atoms with Crippen molar-refractivity contribution in [2.45, 2.75) is 32.7 Å². The number of carbonyl (C=O) groups is 3. The molecule has 0 aliphatic carbocycles. The Labute approximate surface area is 134 Å². The van der Waals surface area contributed by atoms with Gasteiger partial charge in [0, 0.05) is 19.2 Å². The molecule has 1 aliphatic rings. The lowest BCUT2D eigenvalue weighted by Crippen LogP contribution is -2.40. The summed E-state index contributed by atoms with van der Waals surface area (Å²) < 4.78 is 0. The van der Waals surface area contributed by atoms with E-state index in [1.54, 1.807) is 39.1 Å². The van der Waals surface area contributed by atoms with Crippen LogP contribution in [0.15, 0.2) is 29.5 Å². The zero-order chi connectivity index (χ0) is 17.0. The van der Waals surface area contributed by atoms with Crippen molar-refractivity contribution >= 4 is 23.6 Å². The number of nitrogens with one attached hydrogen (secondary N) is 2. The molecule has 2 N–H and O–H groups in total. The lowest BCUT2D eigenvalue weighted by molar-refractivity contribution is -0.130. The van der Waals surface area contributed by atoms with Crippen LogP contribution in [0, 0.1) is 0 Å². The van der Waals surface area contributed by atoms with Gasteiger partial charge in [-0.25, -0.2) is 10.2 Å². The number of rotatable bonds is 5. The highest BCUT2D eigenvalue weighted by molar-refractivity contribution is 6.06. The van der Waals surface area contributed by atoms with Crippen LogP contribution < -0.4 is 10.7 Å². The van der Waals surface area contributed by atoms with E-state index in [4.69, 9.17) is 0 Å². The molecule has 0 saturated carbocycles. The molecule has 1 aromatic rings. The first-order valence-corrected chi connectivity index (χ1v) is 7.20. The summed E-state index contributed by atoms with van der Waals surface area (Å²) in [5, 5.41) is 6.52. The van der Waals surface area contributed by atoms with Crippen LogP contribution in [-0.2, 0) is 9.59 Å². The molecule has 0 unspecified atom stereocenters. The maximum absolute atomic E-state index is 12.0. The number of hydrazone groups is 1. The number of pyridine rings is 1. The van der Waals surface area contributed by atoms with Crippen LogP contribution in [0.3, 0.4) is 0 Å². The van der Waals surface area contributed by atoms with E-state index in [0.29, 0.717) is 11.4 Å². The minimum absolute atomic E-state index is 0.0120. The SMILES string of the molecule is C/C(=N/NC(=O)CCN1C(=O)NC(C)(C)C1=O)c1ccccn1. The summed E-state index contributed by atoms with van der Waals surface area (Å²) in [4.78, 5) is 40.6. The Morgan fingerprint density at radius 3 is 2.70 bits per heavy atom. The molecule has 0 aromatic carbocycles. The predicted molar refractivity (Wildman–Crippen MR) is 83.5 cm³/mol. The molecule has 0 radical (unpaired) electrons. The highest BCUT2D eigenvalue weighted by atomic mass is 16.2. The van der Waals surface area contributed by atoms with Gasteiger partial charge in [-0.05, 0) is 32.9 Å². The van der Waals surface area contributed by atoms with Gasteiger partial charge in [0.25, 0.3) is 5.91 Å². The van der Waals surface area contributed by atoms with Crippen molar-refractivity contribution in [2.24, 2.45) is 5.10 Å². The molecule has 8 heteroatoms. The molecule has 0 spiro atoms. The minimum Gasteiger partial charge on any atom is -0.324 e. The molecule has 8 nitrogen and oxygen atoms in total. The summed E-state index contributed by atoms with van der Waals surface area (Å²) in [6.07, 6.45) is 1.61. The highest BCUT2D eigenvalue weighted by Crippen LogP contribution is 2.16. The summed E-state index contributed by atoms with van der Waals surface area (Å²) in [6, 6.07) is 4.90. The maximum Gasteiger partial charge on any atom is 0.325 e. The average Bonchev–Trinajstić information content (AvgIpc) is 2.72. The average molecular weight is 317 g/mol. The zero-order valence-electron chi connectivity index (χ0n) is 13.3. The Morgan fingerprint density at radius 1 is 1.39 bits per heavy atom. The van der Waals surface area contributed by atoms with Crippen molar-refractivity contribution in [3.05, 3.63) is 30.1 Å². The Kier molecular flexibility index (Phi) is 4.73. The smallest absolute Gasteiger partial charge is 0.324 e.